The lowest BCUT2D eigenvalue weighted by Crippen LogP contribution is -2.22. The molecular weight excluding hydrogens is 255 g/mol. The average Bonchev–Trinajstić information content (AvgIpc) is 2.18. The van der Waals surface area contributed by atoms with Crippen LogP contribution in [0.3, 0.4) is 0 Å². The molecule has 0 aliphatic heterocycles. The zero-order chi connectivity index (χ0) is 13.2. The summed E-state index contributed by atoms with van der Waals surface area (Å²) in [5.74, 6) is -0.312. The van der Waals surface area contributed by atoms with Crippen molar-refractivity contribution in [2.45, 2.75) is 32.6 Å². The summed E-state index contributed by atoms with van der Waals surface area (Å²) in [6.45, 7) is 3.84. The van der Waals surface area contributed by atoms with Crippen molar-refractivity contribution < 1.29 is 18.3 Å². The summed E-state index contributed by atoms with van der Waals surface area (Å²) in [6, 6.07) is 1.72. The molecule has 0 heterocycles. The molecule has 0 fully saturated rings. The van der Waals surface area contributed by atoms with Gasteiger partial charge in [0, 0.05) is 18.2 Å². The van der Waals surface area contributed by atoms with Crippen molar-refractivity contribution in [1.29, 1.82) is 0 Å². The van der Waals surface area contributed by atoms with Crippen LogP contribution >= 0.6 is 11.6 Å². The summed E-state index contributed by atoms with van der Waals surface area (Å²) in [6.07, 6.45) is -4.47. The van der Waals surface area contributed by atoms with E-state index in [-0.39, 0.29) is 28.9 Å². The van der Waals surface area contributed by atoms with Crippen LogP contribution in [0.1, 0.15) is 25.0 Å². The van der Waals surface area contributed by atoms with Crippen molar-refractivity contribution in [2.75, 3.05) is 0 Å². The zero-order valence-corrected chi connectivity index (χ0v) is 10.2. The SMILES string of the molecule is CC(C)NCc1cc(C(F)(F)F)cc(Cl)c1O. The maximum atomic E-state index is 12.5. The van der Waals surface area contributed by atoms with Crippen LogP contribution in [0.2, 0.25) is 5.02 Å². The number of phenolic OH excluding ortho intramolecular Hbond substituents is 1. The minimum Gasteiger partial charge on any atom is -0.506 e. The van der Waals surface area contributed by atoms with E-state index >= 15 is 0 Å². The molecule has 1 rings (SSSR count). The Kier molecular flexibility index (Phi) is 4.27. The molecule has 0 unspecified atom stereocenters. The molecule has 0 saturated heterocycles. The normalized spacial score (nSPS) is 12.2. The number of nitrogens with one attached hydrogen (secondary N) is 1. The number of alkyl halides is 3. The summed E-state index contributed by atoms with van der Waals surface area (Å²) in [5.41, 5.74) is -0.723. The number of aromatic hydroxyl groups is 1. The summed E-state index contributed by atoms with van der Waals surface area (Å²) >= 11 is 5.56. The summed E-state index contributed by atoms with van der Waals surface area (Å²) < 4.78 is 37.6. The number of rotatable bonds is 3. The first kappa shape index (κ1) is 14.1. The molecule has 0 aliphatic carbocycles. The van der Waals surface area contributed by atoms with E-state index in [1.54, 1.807) is 0 Å². The van der Waals surface area contributed by atoms with Gasteiger partial charge in [-0.1, -0.05) is 25.4 Å². The maximum absolute atomic E-state index is 12.5. The Hall–Kier alpha value is -0.940. The summed E-state index contributed by atoms with van der Waals surface area (Å²) in [4.78, 5) is 0. The molecule has 6 heteroatoms. The van der Waals surface area contributed by atoms with Gasteiger partial charge in [0.05, 0.1) is 10.6 Å². The number of hydrogen-bond donors (Lipinski definition) is 2. The van der Waals surface area contributed by atoms with Crippen LogP contribution in [0.25, 0.3) is 0 Å². The van der Waals surface area contributed by atoms with E-state index in [4.69, 9.17) is 11.6 Å². The van der Waals surface area contributed by atoms with Gasteiger partial charge in [-0.05, 0) is 12.1 Å². The Morgan fingerprint density at radius 2 is 1.94 bits per heavy atom. The Bertz CT molecular complexity index is 404. The standard InChI is InChI=1S/C11H13ClF3NO/c1-6(2)16-5-7-3-8(11(13,14)15)4-9(12)10(7)17/h3-4,6,16-17H,5H2,1-2H3. The minimum absolute atomic E-state index is 0.0997. The molecule has 17 heavy (non-hydrogen) atoms. The molecule has 2 nitrogen and oxygen atoms in total. The van der Waals surface area contributed by atoms with Crippen LogP contribution in [-0.4, -0.2) is 11.1 Å². The lowest BCUT2D eigenvalue weighted by atomic mass is 10.1. The largest absolute Gasteiger partial charge is 0.506 e. The van der Waals surface area contributed by atoms with E-state index in [2.05, 4.69) is 5.32 Å². The van der Waals surface area contributed by atoms with Crippen LogP contribution in [-0.2, 0) is 12.7 Å². The van der Waals surface area contributed by atoms with Crippen molar-refractivity contribution in [2.24, 2.45) is 0 Å². The van der Waals surface area contributed by atoms with Crippen LogP contribution in [0, 0.1) is 0 Å². The first-order valence-corrected chi connectivity index (χ1v) is 5.41. The molecule has 0 saturated carbocycles. The fraction of sp³-hybridized carbons (Fsp3) is 0.455. The van der Waals surface area contributed by atoms with Gasteiger partial charge in [0.25, 0.3) is 0 Å². The summed E-state index contributed by atoms with van der Waals surface area (Å²) in [5, 5.41) is 12.2. The third-order valence-corrected chi connectivity index (χ3v) is 2.46. The van der Waals surface area contributed by atoms with Crippen molar-refractivity contribution in [3.05, 3.63) is 28.3 Å². The van der Waals surface area contributed by atoms with E-state index in [0.29, 0.717) is 0 Å². The molecule has 1 aromatic rings. The predicted octanol–water partition coefficient (Wildman–Crippen LogP) is 3.56. The van der Waals surface area contributed by atoms with E-state index < -0.39 is 11.7 Å². The molecule has 0 bridgehead atoms. The zero-order valence-electron chi connectivity index (χ0n) is 9.40. The van der Waals surface area contributed by atoms with E-state index in [9.17, 15) is 18.3 Å². The average molecular weight is 268 g/mol. The predicted molar refractivity (Wildman–Crippen MR) is 60.1 cm³/mol. The maximum Gasteiger partial charge on any atom is 0.416 e. The van der Waals surface area contributed by atoms with Crippen LogP contribution in [0.15, 0.2) is 12.1 Å². The number of hydrogen-bond acceptors (Lipinski definition) is 2. The van der Waals surface area contributed by atoms with Gasteiger partial charge in [0.2, 0.25) is 0 Å². The molecule has 0 amide bonds. The molecule has 96 valence electrons. The Morgan fingerprint density at radius 1 is 1.35 bits per heavy atom. The van der Waals surface area contributed by atoms with Crippen molar-refractivity contribution in [3.8, 4) is 5.75 Å². The monoisotopic (exact) mass is 267 g/mol. The highest BCUT2D eigenvalue weighted by atomic mass is 35.5. The van der Waals surface area contributed by atoms with Gasteiger partial charge in [-0.15, -0.1) is 0 Å². The van der Waals surface area contributed by atoms with E-state index in [1.807, 2.05) is 13.8 Å². The second-order valence-electron chi connectivity index (χ2n) is 4.00. The smallest absolute Gasteiger partial charge is 0.416 e. The third-order valence-electron chi connectivity index (χ3n) is 2.17. The summed E-state index contributed by atoms with van der Waals surface area (Å²) in [7, 11) is 0. The molecule has 0 atom stereocenters. The van der Waals surface area contributed by atoms with Crippen LogP contribution < -0.4 is 5.32 Å². The number of benzene rings is 1. The lowest BCUT2D eigenvalue weighted by molar-refractivity contribution is -0.137. The van der Waals surface area contributed by atoms with Crippen LogP contribution in [0.4, 0.5) is 13.2 Å². The van der Waals surface area contributed by atoms with Gasteiger partial charge in [-0.3, -0.25) is 0 Å². The van der Waals surface area contributed by atoms with Gasteiger partial charge >= 0.3 is 6.18 Å². The topological polar surface area (TPSA) is 32.3 Å². The highest BCUT2D eigenvalue weighted by Crippen LogP contribution is 2.36. The van der Waals surface area contributed by atoms with Gasteiger partial charge < -0.3 is 10.4 Å². The second kappa shape index (κ2) is 5.14. The molecular formula is C11H13ClF3NO. The first-order valence-electron chi connectivity index (χ1n) is 5.03. The third kappa shape index (κ3) is 3.78. The molecule has 0 aromatic heterocycles. The highest BCUT2D eigenvalue weighted by Gasteiger charge is 2.32. The first-order chi connectivity index (χ1) is 7.71. The van der Waals surface area contributed by atoms with Gasteiger partial charge in [0.15, 0.2) is 0 Å². The van der Waals surface area contributed by atoms with Gasteiger partial charge in [-0.2, -0.15) is 13.2 Å². The minimum atomic E-state index is -4.47. The van der Waals surface area contributed by atoms with Gasteiger partial charge in [-0.25, -0.2) is 0 Å². The molecule has 0 aliphatic rings. The molecule has 2 N–H and O–H groups in total. The highest BCUT2D eigenvalue weighted by molar-refractivity contribution is 6.32. The Balaban J connectivity index is 3.07. The Labute approximate surface area is 102 Å². The van der Waals surface area contributed by atoms with E-state index in [0.717, 1.165) is 12.1 Å². The Morgan fingerprint density at radius 3 is 2.41 bits per heavy atom. The second-order valence-corrected chi connectivity index (χ2v) is 4.41. The van der Waals surface area contributed by atoms with E-state index in [1.165, 1.54) is 0 Å². The lowest BCUT2D eigenvalue weighted by Gasteiger charge is -2.14. The van der Waals surface area contributed by atoms with Crippen LogP contribution in [0.5, 0.6) is 5.75 Å². The fourth-order valence-corrected chi connectivity index (χ4v) is 1.51. The molecule has 0 radical (unpaired) electrons. The molecule has 1 aromatic carbocycles. The van der Waals surface area contributed by atoms with Crippen molar-refractivity contribution in [3.63, 3.8) is 0 Å². The van der Waals surface area contributed by atoms with Crippen molar-refractivity contribution in [1.82, 2.24) is 5.32 Å². The van der Waals surface area contributed by atoms with Crippen molar-refractivity contribution >= 4 is 11.6 Å². The molecule has 0 spiro atoms. The number of phenols is 1. The number of halogens is 4. The fourth-order valence-electron chi connectivity index (χ4n) is 1.27. The van der Waals surface area contributed by atoms with Gasteiger partial charge in [0.1, 0.15) is 5.75 Å². The quantitative estimate of drug-likeness (QED) is 0.878.